The molecule has 1 aliphatic heterocycles. The molecule has 1 fully saturated rings. The van der Waals surface area contributed by atoms with Gasteiger partial charge in [0.25, 0.3) is 0 Å². The van der Waals surface area contributed by atoms with E-state index in [0.717, 1.165) is 32.2 Å². The maximum atomic E-state index is 15.1. The van der Waals surface area contributed by atoms with Gasteiger partial charge in [-0.2, -0.15) is 4.98 Å². The van der Waals surface area contributed by atoms with E-state index < -0.39 is 23.5 Å². The zero-order chi connectivity index (χ0) is 34.2. The number of halogens is 3. The molecule has 0 spiro atoms. The fourth-order valence-electron chi connectivity index (χ4n) is 5.12. The molecule has 5 rings (SSSR count). The molecule has 0 unspecified atom stereocenters. The molecule has 0 atom stereocenters. The number of carbonyl (C=O) groups is 1. The number of benzene rings is 3. The van der Waals surface area contributed by atoms with Crippen LogP contribution in [0.4, 0.5) is 35.3 Å². The predicted molar refractivity (Wildman–Crippen MR) is 175 cm³/mol. The molecule has 1 saturated heterocycles. The van der Waals surface area contributed by atoms with Crippen LogP contribution in [0.1, 0.15) is 13.8 Å². The summed E-state index contributed by atoms with van der Waals surface area (Å²) in [5.74, 6) is -2.46. The van der Waals surface area contributed by atoms with Crippen LogP contribution in [0.2, 0.25) is 0 Å². The Kier molecular flexibility index (Phi) is 11.2. The smallest absolute Gasteiger partial charge is 0.418 e. The van der Waals surface area contributed by atoms with E-state index in [1.807, 2.05) is 0 Å². The second kappa shape index (κ2) is 15.7. The third-order valence-corrected chi connectivity index (χ3v) is 7.76. The van der Waals surface area contributed by atoms with Crippen molar-refractivity contribution in [2.24, 2.45) is 0 Å². The largest absolute Gasteiger partial charge is 0.497 e. The van der Waals surface area contributed by atoms with E-state index in [4.69, 9.17) is 18.9 Å². The Morgan fingerprint density at radius 1 is 0.896 bits per heavy atom. The zero-order valence-electron chi connectivity index (χ0n) is 27.1. The fraction of sp³-hybridized carbons (Fsp3) is 0.324. The lowest BCUT2D eigenvalue weighted by molar-refractivity contribution is 0.0965. The molecule has 48 heavy (non-hydrogen) atoms. The first-order chi connectivity index (χ1) is 23.1. The topological polar surface area (TPSA) is 110 Å². The summed E-state index contributed by atoms with van der Waals surface area (Å²) in [6.45, 7) is 9.17. The van der Waals surface area contributed by atoms with Gasteiger partial charge >= 0.3 is 6.09 Å². The van der Waals surface area contributed by atoms with E-state index >= 15 is 4.39 Å². The van der Waals surface area contributed by atoms with Gasteiger partial charge in [0.2, 0.25) is 11.8 Å². The van der Waals surface area contributed by atoms with E-state index in [1.54, 1.807) is 24.3 Å². The maximum Gasteiger partial charge on any atom is 0.418 e. The van der Waals surface area contributed by atoms with Crippen LogP contribution >= 0.6 is 0 Å². The Hall–Kier alpha value is -5.08. The zero-order valence-corrected chi connectivity index (χ0v) is 27.1. The Labute approximate surface area is 276 Å². The molecule has 11 nitrogen and oxygen atoms in total. The van der Waals surface area contributed by atoms with Gasteiger partial charge in [0, 0.05) is 68.2 Å². The first kappa shape index (κ1) is 34.3. The number of hydrogen-bond donors (Lipinski definition) is 2. The number of aromatic nitrogens is 2. The molecule has 1 aliphatic rings. The minimum absolute atomic E-state index is 0.0764. The second-order valence-corrected chi connectivity index (χ2v) is 11.2. The van der Waals surface area contributed by atoms with Gasteiger partial charge < -0.3 is 24.3 Å². The Bertz CT molecular complexity index is 1740. The van der Waals surface area contributed by atoms with Crippen LogP contribution in [-0.2, 0) is 0 Å². The second-order valence-electron chi connectivity index (χ2n) is 11.2. The standard InChI is InChI=1S/C34H37F3N6O5/c1-21(2)43-14-12-42(13-15-43)16-17-47-29-11-8-22(18-26(29)36)38-33-39-28(24-6-5-7-25(35)32(24)37)20-31(41-33)48-34(44)40-27-10-9-23(45-3)19-30(27)46-4/h5-11,18-21H,12-17H2,1-4H3,(H,40,44)(H,38,39,41). The highest BCUT2D eigenvalue weighted by Crippen LogP contribution is 2.31. The summed E-state index contributed by atoms with van der Waals surface area (Å²) < 4.78 is 65.5. The van der Waals surface area contributed by atoms with Crippen molar-refractivity contribution in [3.8, 4) is 34.4 Å². The van der Waals surface area contributed by atoms with Crippen LogP contribution < -0.4 is 29.6 Å². The van der Waals surface area contributed by atoms with E-state index in [2.05, 4.69) is 44.2 Å². The van der Waals surface area contributed by atoms with Gasteiger partial charge in [-0.25, -0.2) is 22.9 Å². The lowest BCUT2D eigenvalue weighted by atomic mass is 10.1. The molecule has 0 saturated carbocycles. The molecule has 2 N–H and O–H groups in total. The van der Waals surface area contributed by atoms with Gasteiger partial charge in [-0.15, -0.1) is 0 Å². The number of rotatable bonds is 12. The normalized spacial score (nSPS) is 13.7. The first-order valence-electron chi connectivity index (χ1n) is 15.3. The number of ether oxygens (including phenoxy) is 4. The van der Waals surface area contributed by atoms with Gasteiger partial charge in [-0.05, 0) is 50.2 Å². The van der Waals surface area contributed by atoms with Crippen LogP contribution in [0, 0.1) is 17.5 Å². The van der Waals surface area contributed by atoms with Crippen molar-refractivity contribution in [2.45, 2.75) is 19.9 Å². The van der Waals surface area contributed by atoms with Crippen molar-refractivity contribution in [1.82, 2.24) is 19.8 Å². The third kappa shape index (κ3) is 8.63. The Balaban J connectivity index is 1.30. The predicted octanol–water partition coefficient (Wildman–Crippen LogP) is 6.34. The molecule has 2 heterocycles. The summed E-state index contributed by atoms with van der Waals surface area (Å²) in [5.41, 5.74) is 0.213. The molecule has 1 amide bonds. The van der Waals surface area contributed by atoms with Crippen LogP contribution in [0.25, 0.3) is 11.3 Å². The van der Waals surface area contributed by atoms with Crippen molar-refractivity contribution in [2.75, 3.05) is 64.2 Å². The summed E-state index contributed by atoms with van der Waals surface area (Å²) in [5, 5.41) is 5.38. The summed E-state index contributed by atoms with van der Waals surface area (Å²) in [7, 11) is 2.91. The quantitative estimate of drug-likeness (QED) is 0.178. The van der Waals surface area contributed by atoms with Crippen LogP contribution in [0.15, 0.2) is 60.7 Å². The van der Waals surface area contributed by atoms with Crippen molar-refractivity contribution >= 4 is 23.4 Å². The molecular weight excluding hydrogens is 629 g/mol. The number of nitrogens with zero attached hydrogens (tertiary/aromatic N) is 4. The third-order valence-electron chi connectivity index (χ3n) is 7.76. The van der Waals surface area contributed by atoms with Gasteiger partial charge in [0.05, 0.1) is 25.6 Å². The monoisotopic (exact) mass is 666 g/mol. The molecule has 14 heteroatoms. The number of methoxy groups -OCH3 is 2. The van der Waals surface area contributed by atoms with Gasteiger partial charge in [-0.1, -0.05) is 6.07 Å². The summed E-state index contributed by atoms with van der Waals surface area (Å²) in [6, 6.07) is 14.2. The molecule has 1 aromatic heterocycles. The summed E-state index contributed by atoms with van der Waals surface area (Å²) in [4.78, 5) is 26.0. The highest BCUT2D eigenvalue weighted by molar-refractivity contribution is 5.88. The van der Waals surface area contributed by atoms with E-state index in [-0.39, 0.29) is 40.2 Å². The Morgan fingerprint density at radius 2 is 1.69 bits per heavy atom. The van der Waals surface area contributed by atoms with Crippen LogP contribution in [-0.4, -0.2) is 85.5 Å². The number of hydrogen-bond acceptors (Lipinski definition) is 10. The average molecular weight is 667 g/mol. The van der Waals surface area contributed by atoms with E-state index in [1.165, 1.54) is 44.6 Å². The minimum Gasteiger partial charge on any atom is -0.497 e. The van der Waals surface area contributed by atoms with E-state index in [9.17, 15) is 13.6 Å². The van der Waals surface area contributed by atoms with Gasteiger partial charge in [0.1, 0.15) is 18.1 Å². The van der Waals surface area contributed by atoms with Gasteiger partial charge in [-0.3, -0.25) is 15.1 Å². The van der Waals surface area contributed by atoms with Crippen LogP contribution in [0.3, 0.4) is 0 Å². The number of carbonyl (C=O) groups excluding carboxylic acids is 1. The lowest BCUT2D eigenvalue weighted by Gasteiger charge is -2.36. The van der Waals surface area contributed by atoms with Crippen molar-refractivity contribution < 1.29 is 36.9 Å². The summed E-state index contributed by atoms with van der Waals surface area (Å²) >= 11 is 0. The molecule has 0 aliphatic carbocycles. The van der Waals surface area contributed by atoms with Crippen molar-refractivity contribution in [3.05, 3.63) is 78.1 Å². The number of amides is 1. The highest BCUT2D eigenvalue weighted by atomic mass is 19.2. The lowest BCUT2D eigenvalue weighted by Crippen LogP contribution is -2.49. The first-order valence-corrected chi connectivity index (χ1v) is 15.3. The molecule has 3 aromatic carbocycles. The van der Waals surface area contributed by atoms with Crippen molar-refractivity contribution in [3.63, 3.8) is 0 Å². The number of nitrogens with one attached hydrogen (secondary N) is 2. The molecule has 254 valence electrons. The fourth-order valence-corrected chi connectivity index (χ4v) is 5.12. The summed E-state index contributed by atoms with van der Waals surface area (Å²) in [6.07, 6.45) is -0.955. The highest BCUT2D eigenvalue weighted by Gasteiger charge is 2.20. The Morgan fingerprint density at radius 3 is 2.40 bits per heavy atom. The van der Waals surface area contributed by atoms with Crippen molar-refractivity contribution in [1.29, 1.82) is 0 Å². The maximum absolute atomic E-state index is 15.1. The molecular formula is C34H37F3N6O5. The van der Waals surface area contributed by atoms with Gasteiger partial charge in [0.15, 0.2) is 23.2 Å². The minimum atomic E-state index is -1.16. The molecule has 0 bridgehead atoms. The average Bonchev–Trinajstić information content (AvgIpc) is 3.07. The number of piperazine rings is 1. The van der Waals surface area contributed by atoms with Crippen LogP contribution in [0.5, 0.6) is 23.1 Å². The molecule has 4 aromatic rings. The number of anilines is 3. The van der Waals surface area contributed by atoms with E-state index in [0.29, 0.717) is 30.7 Å². The molecule has 0 radical (unpaired) electrons. The SMILES string of the molecule is COc1ccc(NC(=O)Oc2cc(-c3cccc(F)c3F)nc(Nc3ccc(OCCN4CCN(C(C)C)CC4)c(F)c3)n2)c(OC)c1.